The minimum atomic E-state index is -4.05. The van der Waals surface area contributed by atoms with Crippen LogP contribution in [0.15, 0.2) is 59.9 Å². The number of hydrogen-bond acceptors (Lipinski definition) is 6. The lowest BCUT2D eigenvalue weighted by Gasteiger charge is -2.35. The SMILES string of the molecule is Cc1cccc(N2CCN(S(=O)(=O)c3nn(Cc4ccccn4)cc3C(=O)O)CC2)c1. The van der Waals surface area contributed by atoms with Gasteiger partial charge in [-0.1, -0.05) is 18.2 Å². The Morgan fingerprint density at radius 2 is 1.87 bits per heavy atom. The number of aromatic nitrogens is 3. The predicted octanol–water partition coefficient (Wildman–Crippen LogP) is 1.84. The summed E-state index contributed by atoms with van der Waals surface area (Å²) in [5, 5.41) is 13.2. The molecule has 10 heteroatoms. The highest BCUT2D eigenvalue weighted by Gasteiger charge is 2.34. The van der Waals surface area contributed by atoms with E-state index in [1.54, 1.807) is 24.4 Å². The molecule has 0 aliphatic carbocycles. The topological polar surface area (TPSA) is 109 Å². The van der Waals surface area contributed by atoms with Crippen molar-refractivity contribution >= 4 is 21.7 Å². The Labute approximate surface area is 180 Å². The summed E-state index contributed by atoms with van der Waals surface area (Å²) in [5.74, 6) is -1.33. The lowest BCUT2D eigenvalue weighted by atomic mass is 10.2. The molecule has 9 nitrogen and oxygen atoms in total. The molecule has 1 aliphatic rings. The van der Waals surface area contributed by atoms with Crippen LogP contribution in [-0.2, 0) is 16.6 Å². The fourth-order valence-corrected chi connectivity index (χ4v) is 5.13. The molecule has 3 aromatic rings. The maximum atomic E-state index is 13.2. The fraction of sp³-hybridized carbons (Fsp3) is 0.286. The van der Waals surface area contributed by atoms with E-state index in [1.165, 1.54) is 15.2 Å². The predicted molar refractivity (Wildman–Crippen MR) is 115 cm³/mol. The number of benzene rings is 1. The van der Waals surface area contributed by atoms with Gasteiger partial charge in [-0.3, -0.25) is 9.67 Å². The number of carboxylic acid groups (broad SMARTS) is 1. The number of aromatic carboxylic acids is 1. The van der Waals surface area contributed by atoms with Gasteiger partial charge in [-0.15, -0.1) is 0 Å². The van der Waals surface area contributed by atoms with Crippen LogP contribution in [-0.4, -0.2) is 64.7 Å². The molecular formula is C21H23N5O4S. The van der Waals surface area contributed by atoms with Crippen LogP contribution >= 0.6 is 0 Å². The molecule has 1 aromatic carbocycles. The van der Waals surface area contributed by atoms with Crippen molar-refractivity contribution in [3.63, 3.8) is 0 Å². The molecule has 1 N–H and O–H groups in total. The summed E-state index contributed by atoms with van der Waals surface area (Å²) in [6.07, 6.45) is 2.86. The molecule has 1 aliphatic heterocycles. The van der Waals surface area contributed by atoms with E-state index in [1.807, 2.05) is 25.1 Å². The monoisotopic (exact) mass is 441 g/mol. The van der Waals surface area contributed by atoms with Gasteiger partial charge in [0.2, 0.25) is 5.03 Å². The molecule has 0 atom stereocenters. The first-order valence-corrected chi connectivity index (χ1v) is 11.3. The number of anilines is 1. The van der Waals surface area contributed by atoms with E-state index in [4.69, 9.17) is 0 Å². The molecule has 1 saturated heterocycles. The Balaban J connectivity index is 1.55. The zero-order valence-electron chi connectivity index (χ0n) is 17.0. The summed E-state index contributed by atoms with van der Waals surface area (Å²) in [6.45, 7) is 3.72. The van der Waals surface area contributed by atoms with Gasteiger partial charge < -0.3 is 10.0 Å². The largest absolute Gasteiger partial charge is 0.478 e. The Morgan fingerprint density at radius 3 is 2.52 bits per heavy atom. The third kappa shape index (κ3) is 4.44. The summed E-state index contributed by atoms with van der Waals surface area (Å²) < 4.78 is 29.1. The molecule has 3 heterocycles. The van der Waals surface area contributed by atoms with E-state index in [0.717, 1.165) is 11.3 Å². The van der Waals surface area contributed by atoms with Crippen LogP contribution in [0, 0.1) is 6.92 Å². The van der Waals surface area contributed by atoms with Crippen LogP contribution in [0.2, 0.25) is 0 Å². The van der Waals surface area contributed by atoms with Crippen LogP contribution < -0.4 is 4.90 Å². The number of rotatable bonds is 6. The van der Waals surface area contributed by atoms with E-state index in [9.17, 15) is 18.3 Å². The molecule has 0 spiro atoms. The zero-order valence-corrected chi connectivity index (χ0v) is 17.9. The van der Waals surface area contributed by atoms with Gasteiger partial charge in [-0.2, -0.15) is 9.40 Å². The molecular weight excluding hydrogens is 418 g/mol. The van der Waals surface area contributed by atoms with Crippen LogP contribution in [0.5, 0.6) is 0 Å². The molecule has 2 aromatic heterocycles. The van der Waals surface area contributed by atoms with Gasteiger partial charge in [0.1, 0.15) is 5.56 Å². The van der Waals surface area contributed by atoms with Gasteiger partial charge in [0.15, 0.2) is 0 Å². The maximum Gasteiger partial charge on any atom is 0.340 e. The second-order valence-corrected chi connectivity index (χ2v) is 9.26. The number of pyridine rings is 1. The molecule has 0 bridgehead atoms. The molecule has 0 radical (unpaired) electrons. The third-order valence-corrected chi connectivity index (χ3v) is 7.03. The van der Waals surface area contributed by atoms with Gasteiger partial charge in [0.05, 0.1) is 12.2 Å². The highest BCUT2D eigenvalue weighted by atomic mass is 32.2. The zero-order chi connectivity index (χ0) is 22.0. The quantitative estimate of drug-likeness (QED) is 0.622. The minimum absolute atomic E-state index is 0.178. The van der Waals surface area contributed by atoms with Crippen molar-refractivity contribution in [2.24, 2.45) is 0 Å². The number of piperazine rings is 1. The Hall–Kier alpha value is -3.24. The molecule has 0 unspecified atom stereocenters. The molecule has 4 rings (SSSR count). The number of carbonyl (C=O) groups is 1. The lowest BCUT2D eigenvalue weighted by molar-refractivity contribution is 0.0692. The van der Waals surface area contributed by atoms with Crippen molar-refractivity contribution in [3.8, 4) is 0 Å². The summed E-state index contributed by atoms with van der Waals surface area (Å²) in [4.78, 5) is 18.0. The van der Waals surface area contributed by atoms with Crippen molar-refractivity contribution in [2.75, 3.05) is 31.1 Å². The first kappa shape index (κ1) is 21.0. The fourth-order valence-electron chi connectivity index (χ4n) is 3.61. The highest BCUT2D eigenvalue weighted by molar-refractivity contribution is 7.89. The first-order chi connectivity index (χ1) is 14.8. The van der Waals surface area contributed by atoms with Crippen molar-refractivity contribution in [1.82, 2.24) is 19.1 Å². The van der Waals surface area contributed by atoms with E-state index in [-0.39, 0.29) is 25.2 Å². The normalized spacial score (nSPS) is 15.2. The van der Waals surface area contributed by atoms with Gasteiger partial charge in [0.25, 0.3) is 10.0 Å². The second-order valence-electron chi connectivity index (χ2n) is 7.40. The van der Waals surface area contributed by atoms with Gasteiger partial charge in [-0.05, 0) is 36.8 Å². The minimum Gasteiger partial charge on any atom is -0.478 e. The van der Waals surface area contributed by atoms with E-state index < -0.39 is 21.0 Å². The van der Waals surface area contributed by atoms with Crippen molar-refractivity contribution in [1.29, 1.82) is 0 Å². The van der Waals surface area contributed by atoms with E-state index >= 15 is 0 Å². The summed E-state index contributed by atoms with van der Waals surface area (Å²) in [7, 11) is -4.05. The van der Waals surface area contributed by atoms with Crippen molar-refractivity contribution in [2.45, 2.75) is 18.5 Å². The smallest absolute Gasteiger partial charge is 0.340 e. The number of sulfonamides is 1. The number of nitrogens with zero attached hydrogens (tertiary/aromatic N) is 5. The molecule has 0 amide bonds. The van der Waals surface area contributed by atoms with Crippen molar-refractivity contribution in [3.05, 3.63) is 71.7 Å². The summed E-state index contributed by atoms with van der Waals surface area (Å²) in [6, 6.07) is 13.4. The first-order valence-electron chi connectivity index (χ1n) is 9.87. The number of carboxylic acids is 1. The standard InChI is InChI=1S/C21H23N5O4S/c1-16-5-4-7-18(13-16)24-9-11-26(12-10-24)31(29,30)20-19(21(27)28)15-25(23-20)14-17-6-2-3-8-22-17/h2-8,13,15H,9-12,14H2,1H3,(H,27,28). The molecule has 0 saturated carbocycles. The Bertz CT molecular complexity index is 1190. The average molecular weight is 442 g/mol. The third-order valence-electron chi connectivity index (χ3n) is 5.20. The van der Waals surface area contributed by atoms with Crippen LogP contribution in [0.3, 0.4) is 0 Å². The van der Waals surface area contributed by atoms with Crippen molar-refractivity contribution < 1.29 is 18.3 Å². The molecule has 1 fully saturated rings. The summed E-state index contributed by atoms with van der Waals surface area (Å²) >= 11 is 0. The lowest BCUT2D eigenvalue weighted by Crippen LogP contribution is -2.49. The molecule has 31 heavy (non-hydrogen) atoms. The van der Waals surface area contributed by atoms with Crippen LogP contribution in [0.25, 0.3) is 0 Å². The van der Waals surface area contributed by atoms with E-state index in [2.05, 4.69) is 21.0 Å². The Morgan fingerprint density at radius 1 is 1.10 bits per heavy atom. The number of hydrogen-bond donors (Lipinski definition) is 1. The van der Waals surface area contributed by atoms with Crippen LogP contribution in [0.4, 0.5) is 5.69 Å². The second kappa shape index (κ2) is 8.48. The maximum absolute atomic E-state index is 13.2. The van der Waals surface area contributed by atoms with Gasteiger partial charge >= 0.3 is 5.97 Å². The molecule has 162 valence electrons. The van der Waals surface area contributed by atoms with E-state index in [0.29, 0.717) is 18.8 Å². The van der Waals surface area contributed by atoms with Crippen LogP contribution in [0.1, 0.15) is 21.6 Å². The van der Waals surface area contributed by atoms with Gasteiger partial charge in [-0.25, -0.2) is 13.2 Å². The number of aryl methyl sites for hydroxylation is 1. The highest BCUT2D eigenvalue weighted by Crippen LogP contribution is 2.23. The van der Waals surface area contributed by atoms with Gasteiger partial charge in [0, 0.05) is 44.3 Å². The average Bonchev–Trinajstić information content (AvgIpc) is 3.20. The summed E-state index contributed by atoms with van der Waals surface area (Å²) in [5.41, 5.74) is 2.50. The Kier molecular flexibility index (Phi) is 5.75.